The maximum atomic E-state index is 3.53. The summed E-state index contributed by atoms with van der Waals surface area (Å²) < 4.78 is 0. The molecule has 1 aliphatic heterocycles. The van der Waals surface area contributed by atoms with Crippen LogP contribution in [0.3, 0.4) is 0 Å². The fourth-order valence-corrected chi connectivity index (χ4v) is 3.24. The monoisotopic (exact) mass is 315 g/mol. The molecule has 3 nitrogen and oxygen atoms in total. The average molecular weight is 315 g/mol. The number of rotatable bonds is 4. The third-order valence-electron chi connectivity index (χ3n) is 4.34. The third-order valence-corrected chi connectivity index (χ3v) is 4.34. The van der Waals surface area contributed by atoms with Crippen LogP contribution in [0, 0.1) is 0 Å². The standard InChI is InChI=1S/C21H21N3/c1-3-9-17(10-4-1)24(18-11-5-2-6-12-18)20-14-8-7-13-19(20)21-22-15-16-23-21/h1-14,21-23H,15-16H2. The lowest BCUT2D eigenvalue weighted by Gasteiger charge is -2.29. The Morgan fingerprint density at radius 3 is 1.71 bits per heavy atom. The number of nitrogens with zero attached hydrogens (tertiary/aromatic N) is 1. The van der Waals surface area contributed by atoms with Gasteiger partial charge >= 0.3 is 0 Å². The number of hydrogen-bond donors (Lipinski definition) is 2. The van der Waals surface area contributed by atoms with E-state index in [0.29, 0.717) is 0 Å². The molecule has 0 spiro atoms. The highest BCUT2D eigenvalue weighted by atomic mass is 15.2. The van der Waals surface area contributed by atoms with Crippen LogP contribution in [0.25, 0.3) is 0 Å². The Bertz CT molecular complexity index is 741. The summed E-state index contributed by atoms with van der Waals surface area (Å²) in [4.78, 5) is 2.32. The summed E-state index contributed by atoms with van der Waals surface area (Å²) >= 11 is 0. The van der Waals surface area contributed by atoms with Gasteiger partial charge in [0.2, 0.25) is 0 Å². The molecule has 0 radical (unpaired) electrons. The molecule has 120 valence electrons. The van der Waals surface area contributed by atoms with E-state index in [9.17, 15) is 0 Å². The minimum atomic E-state index is 0.191. The van der Waals surface area contributed by atoms with Crippen LogP contribution in [-0.4, -0.2) is 13.1 Å². The minimum Gasteiger partial charge on any atom is -0.310 e. The van der Waals surface area contributed by atoms with Crippen molar-refractivity contribution < 1.29 is 0 Å². The molecule has 1 heterocycles. The molecule has 0 bridgehead atoms. The summed E-state index contributed by atoms with van der Waals surface area (Å²) in [5.74, 6) is 0. The van der Waals surface area contributed by atoms with Crippen molar-refractivity contribution in [1.29, 1.82) is 0 Å². The minimum absolute atomic E-state index is 0.191. The smallest absolute Gasteiger partial charge is 0.0856 e. The Labute approximate surface area is 142 Å². The molecule has 0 aliphatic carbocycles. The lowest BCUT2D eigenvalue weighted by molar-refractivity contribution is 0.589. The summed E-state index contributed by atoms with van der Waals surface area (Å²) in [5.41, 5.74) is 4.79. The Hall–Kier alpha value is -2.62. The van der Waals surface area contributed by atoms with Crippen molar-refractivity contribution in [2.75, 3.05) is 18.0 Å². The molecule has 3 aromatic rings. The van der Waals surface area contributed by atoms with Crippen molar-refractivity contribution in [2.45, 2.75) is 6.17 Å². The third kappa shape index (κ3) is 2.92. The van der Waals surface area contributed by atoms with E-state index in [-0.39, 0.29) is 6.17 Å². The largest absolute Gasteiger partial charge is 0.310 e. The van der Waals surface area contributed by atoms with Crippen LogP contribution >= 0.6 is 0 Å². The molecular formula is C21H21N3. The first-order valence-electron chi connectivity index (χ1n) is 8.39. The van der Waals surface area contributed by atoms with Crippen molar-refractivity contribution in [2.24, 2.45) is 0 Å². The van der Waals surface area contributed by atoms with Gasteiger partial charge in [-0.3, -0.25) is 10.6 Å². The van der Waals surface area contributed by atoms with Crippen LogP contribution < -0.4 is 15.5 Å². The normalized spacial score (nSPS) is 14.7. The summed E-state index contributed by atoms with van der Waals surface area (Å²) in [6, 6.07) is 29.6. The Kier molecular flexibility index (Phi) is 4.28. The number of para-hydroxylation sites is 3. The van der Waals surface area contributed by atoms with Gasteiger partial charge < -0.3 is 4.90 Å². The molecule has 3 aromatic carbocycles. The van der Waals surface area contributed by atoms with Gasteiger partial charge in [0.25, 0.3) is 0 Å². The molecule has 1 saturated heterocycles. The van der Waals surface area contributed by atoms with Crippen LogP contribution in [0.15, 0.2) is 84.9 Å². The predicted molar refractivity (Wildman–Crippen MR) is 99.9 cm³/mol. The van der Waals surface area contributed by atoms with Gasteiger partial charge in [-0.1, -0.05) is 54.6 Å². The predicted octanol–water partition coefficient (Wildman–Crippen LogP) is 4.35. The fraction of sp³-hybridized carbons (Fsp3) is 0.143. The van der Waals surface area contributed by atoms with E-state index in [1.165, 1.54) is 11.3 Å². The molecule has 24 heavy (non-hydrogen) atoms. The second kappa shape index (κ2) is 6.87. The van der Waals surface area contributed by atoms with Gasteiger partial charge in [0.05, 0.1) is 11.9 Å². The van der Waals surface area contributed by atoms with Crippen LogP contribution in [0.4, 0.5) is 17.1 Å². The molecule has 2 N–H and O–H groups in total. The molecule has 4 rings (SSSR count). The van der Waals surface area contributed by atoms with Crippen LogP contribution in [0.1, 0.15) is 11.7 Å². The van der Waals surface area contributed by atoms with Crippen LogP contribution in [0.2, 0.25) is 0 Å². The maximum absolute atomic E-state index is 3.53. The van der Waals surface area contributed by atoms with Crippen molar-refractivity contribution in [1.82, 2.24) is 10.6 Å². The topological polar surface area (TPSA) is 27.3 Å². The average Bonchev–Trinajstić information content (AvgIpc) is 3.19. The van der Waals surface area contributed by atoms with E-state index in [0.717, 1.165) is 24.5 Å². The van der Waals surface area contributed by atoms with E-state index < -0.39 is 0 Å². The number of nitrogens with one attached hydrogen (secondary N) is 2. The van der Waals surface area contributed by atoms with Crippen molar-refractivity contribution in [3.05, 3.63) is 90.5 Å². The van der Waals surface area contributed by atoms with Gasteiger partial charge in [-0.25, -0.2) is 0 Å². The quantitative estimate of drug-likeness (QED) is 0.749. The number of benzene rings is 3. The van der Waals surface area contributed by atoms with Gasteiger partial charge in [-0.05, 0) is 30.3 Å². The first-order valence-corrected chi connectivity index (χ1v) is 8.39. The highest BCUT2D eigenvalue weighted by Crippen LogP contribution is 2.38. The van der Waals surface area contributed by atoms with Gasteiger partial charge in [-0.15, -0.1) is 0 Å². The zero-order valence-corrected chi connectivity index (χ0v) is 13.5. The zero-order valence-electron chi connectivity index (χ0n) is 13.5. The number of anilines is 3. The summed E-state index contributed by atoms with van der Waals surface area (Å²) in [6.45, 7) is 1.99. The fourth-order valence-electron chi connectivity index (χ4n) is 3.24. The molecule has 0 unspecified atom stereocenters. The van der Waals surface area contributed by atoms with Gasteiger partial charge in [0, 0.05) is 30.0 Å². The Morgan fingerprint density at radius 1 is 0.625 bits per heavy atom. The van der Waals surface area contributed by atoms with Crippen LogP contribution in [-0.2, 0) is 0 Å². The maximum Gasteiger partial charge on any atom is 0.0856 e. The Balaban J connectivity index is 1.86. The first-order chi connectivity index (χ1) is 11.9. The van der Waals surface area contributed by atoms with Gasteiger partial charge in [-0.2, -0.15) is 0 Å². The molecular weight excluding hydrogens is 294 g/mol. The second-order valence-corrected chi connectivity index (χ2v) is 5.91. The van der Waals surface area contributed by atoms with Crippen molar-refractivity contribution in [3.63, 3.8) is 0 Å². The molecule has 1 fully saturated rings. The van der Waals surface area contributed by atoms with Crippen LogP contribution in [0.5, 0.6) is 0 Å². The lowest BCUT2D eigenvalue weighted by Crippen LogP contribution is -2.24. The molecule has 3 heteroatoms. The van der Waals surface area contributed by atoms with E-state index in [1.807, 2.05) is 0 Å². The summed E-state index contributed by atoms with van der Waals surface area (Å²) in [7, 11) is 0. The van der Waals surface area contributed by atoms with Gasteiger partial charge in [0.1, 0.15) is 0 Å². The van der Waals surface area contributed by atoms with E-state index in [2.05, 4.69) is 100 Å². The number of hydrogen-bond acceptors (Lipinski definition) is 3. The lowest BCUT2D eigenvalue weighted by atomic mass is 10.1. The van der Waals surface area contributed by atoms with Crippen molar-refractivity contribution >= 4 is 17.1 Å². The summed E-state index contributed by atoms with van der Waals surface area (Å²) in [5, 5.41) is 7.07. The first kappa shape index (κ1) is 14.9. The van der Waals surface area contributed by atoms with E-state index in [4.69, 9.17) is 0 Å². The zero-order chi connectivity index (χ0) is 16.2. The van der Waals surface area contributed by atoms with Gasteiger partial charge in [0.15, 0.2) is 0 Å². The molecule has 1 aliphatic rings. The van der Waals surface area contributed by atoms with Crippen molar-refractivity contribution in [3.8, 4) is 0 Å². The van der Waals surface area contributed by atoms with E-state index in [1.54, 1.807) is 0 Å². The highest BCUT2D eigenvalue weighted by molar-refractivity contribution is 5.78. The molecule has 0 aromatic heterocycles. The molecule has 0 amide bonds. The second-order valence-electron chi connectivity index (χ2n) is 5.91. The SMILES string of the molecule is c1ccc(N(c2ccccc2)c2ccccc2C2NCCN2)cc1. The molecule has 0 saturated carbocycles. The summed E-state index contributed by atoms with van der Waals surface area (Å²) in [6.07, 6.45) is 0.191. The molecule has 0 atom stereocenters. The van der Waals surface area contributed by atoms with E-state index >= 15 is 0 Å². The Morgan fingerprint density at radius 2 is 1.12 bits per heavy atom. The highest BCUT2D eigenvalue weighted by Gasteiger charge is 2.22.